The number of nitrogens with zero attached hydrogens (tertiary/aromatic N) is 1. The molecule has 1 fully saturated rings. The fourth-order valence-electron chi connectivity index (χ4n) is 1.56. The summed E-state index contributed by atoms with van der Waals surface area (Å²) in [5, 5.41) is -0.173. The Kier molecular flexibility index (Phi) is 3.52. The van der Waals surface area contributed by atoms with E-state index in [0.717, 1.165) is 11.2 Å². The number of ether oxygens (including phenoxy) is 1. The van der Waals surface area contributed by atoms with Crippen molar-refractivity contribution < 1.29 is 19.1 Å². The van der Waals surface area contributed by atoms with Crippen LogP contribution in [0.2, 0.25) is 0 Å². The fraction of sp³-hybridized carbons (Fsp3) is 0.0769. The molecule has 1 aliphatic rings. The van der Waals surface area contributed by atoms with Gasteiger partial charge in [-0.1, -0.05) is 24.3 Å². The van der Waals surface area contributed by atoms with E-state index in [0.29, 0.717) is 11.1 Å². The summed E-state index contributed by atoms with van der Waals surface area (Å²) in [5.74, 6) is -1.09. The predicted molar refractivity (Wildman–Crippen MR) is 71.0 cm³/mol. The molecule has 6 heteroatoms. The standard InChI is InChI=1S/C13H9NO4S/c1-8(16)14-12(17)11(18-13(14)19)6-9-2-4-10(7-15)5-3-9/h2-7H,1H3/b11-6+. The monoisotopic (exact) mass is 275 g/mol. The second kappa shape index (κ2) is 5.11. The third-order valence-corrected chi connectivity index (χ3v) is 2.74. The summed E-state index contributed by atoms with van der Waals surface area (Å²) in [4.78, 5) is 34.4. The predicted octanol–water partition coefficient (Wildman–Crippen LogP) is 1.53. The molecular formula is C13H9NO4S. The van der Waals surface area contributed by atoms with Crippen molar-refractivity contribution >= 4 is 41.6 Å². The summed E-state index contributed by atoms with van der Waals surface area (Å²) in [7, 11) is 0. The molecule has 0 atom stereocenters. The quantitative estimate of drug-likeness (QED) is 0.465. The maximum absolute atomic E-state index is 11.9. The number of aldehydes is 1. The lowest BCUT2D eigenvalue weighted by molar-refractivity contribution is -0.135. The Morgan fingerprint density at radius 3 is 2.32 bits per heavy atom. The van der Waals surface area contributed by atoms with Crippen LogP contribution in [0.1, 0.15) is 22.8 Å². The van der Waals surface area contributed by atoms with E-state index >= 15 is 0 Å². The summed E-state index contributed by atoms with van der Waals surface area (Å²) in [5.41, 5.74) is 1.20. The molecule has 2 amide bonds. The molecule has 0 spiro atoms. The first kappa shape index (κ1) is 13.1. The van der Waals surface area contributed by atoms with Crippen LogP contribution < -0.4 is 0 Å². The number of thiocarbonyl (C=S) groups is 1. The number of benzene rings is 1. The van der Waals surface area contributed by atoms with Gasteiger partial charge in [0.25, 0.3) is 5.17 Å². The highest BCUT2D eigenvalue weighted by molar-refractivity contribution is 7.80. The van der Waals surface area contributed by atoms with E-state index in [1.165, 1.54) is 13.0 Å². The molecule has 19 heavy (non-hydrogen) atoms. The SMILES string of the molecule is CC(=O)N1C(=O)/C(=C\c2ccc(C=O)cc2)OC1=S. The normalized spacial score (nSPS) is 16.7. The van der Waals surface area contributed by atoms with Crippen LogP contribution in [0.3, 0.4) is 0 Å². The van der Waals surface area contributed by atoms with Gasteiger partial charge in [0.05, 0.1) is 0 Å². The van der Waals surface area contributed by atoms with Crippen LogP contribution >= 0.6 is 12.2 Å². The highest BCUT2D eigenvalue weighted by atomic mass is 32.1. The Bertz CT molecular complexity index is 604. The largest absolute Gasteiger partial charge is 0.425 e. The highest BCUT2D eigenvalue weighted by Gasteiger charge is 2.36. The van der Waals surface area contributed by atoms with Gasteiger partial charge in [-0.15, -0.1) is 0 Å². The lowest BCUT2D eigenvalue weighted by atomic mass is 10.1. The van der Waals surface area contributed by atoms with Crippen LogP contribution in [0.25, 0.3) is 6.08 Å². The van der Waals surface area contributed by atoms with Crippen molar-refractivity contribution in [2.45, 2.75) is 6.92 Å². The molecule has 2 rings (SSSR count). The molecule has 0 N–H and O–H groups in total. The Morgan fingerprint density at radius 2 is 1.84 bits per heavy atom. The number of amides is 2. The summed E-state index contributed by atoms with van der Waals surface area (Å²) in [6, 6.07) is 6.54. The van der Waals surface area contributed by atoms with Gasteiger partial charge >= 0.3 is 5.91 Å². The molecule has 0 unspecified atom stereocenters. The summed E-state index contributed by atoms with van der Waals surface area (Å²) in [6.07, 6.45) is 2.19. The lowest BCUT2D eigenvalue weighted by Gasteiger charge is -2.04. The molecule has 1 aromatic rings. The van der Waals surface area contributed by atoms with E-state index in [1.807, 2.05) is 0 Å². The van der Waals surface area contributed by atoms with Gasteiger partial charge in [-0.2, -0.15) is 0 Å². The minimum absolute atomic E-state index is 0.0148. The van der Waals surface area contributed by atoms with E-state index in [4.69, 9.17) is 17.0 Å². The Labute approximate surface area is 114 Å². The number of carbonyl (C=O) groups is 3. The zero-order chi connectivity index (χ0) is 14.0. The first-order chi connectivity index (χ1) is 9.02. The van der Waals surface area contributed by atoms with Crippen molar-refractivity contribution in [1.82, 2.24) is 4.90 Å². The molecule has 1 heterocycles. The molecule has 1 aliphatic heterocycles. The van der Waals surface area contributed by atoms with Crippen LogP contribution in [0, 0.1) is 0 Å². The van der Waals surface area contributed by atoms with Crippen LogP contribution in [-0.4, -0.2) is 28.2 Å². The van der Waals surface area contributed by atoms with Gasteiger partial charge in [0.2, 0.25) is 5.91 Å². The van der Waals surface area contributed by atoms with Crippen molar-refractivity contribution in [1.29, 1.82) is 0 Å². The lowest BCUT2D eigenvalue weighted by Crippen LogP contribution is -2.32. The van der Waals surface area contributed by atoms with Crippen molar-refractivity contribution in [3.05, 3.63) is 41.2 Å². The van der Waals surface area contributed by atoms with Crippen LogP contribution in [0.4, 0.5) is 0 Å². The molecular weight excluding hydrogens is 266 g/mol. The van der Waals surface area contributed by atoms with Crippen LogP contribution in [-0.2, 0) is 14.3 Å². The molecule has 0 bridgehead atoms. The molecule has 0 saturated carbocycles. The van der Waals surface area contributed by atoms with E-state index < -0.39 is 11.8 Å². The zero-order valence-corrected chi connectivity index (χ0v) is 10.8. The van der Waals surface area contributed by atoms with E-state index in [-0.39, 0.29) is 10.9 Å². The van der Waals surface area contributed by atoms with Crippen LogP contribution in [0.15, 0.2) is 30.0 Å². The van der Waals surface area contributed by atoms with Crippen molar-refractivity contribution in [2.75, 3.05) is 0 Å². The van der Waals surface area contributed by atoms with Crippen molar-refractivity contribution in [3.8, 4) is 0 Å². The average Bonchev–Trinajstić information content (AvgIpc) is 2.65. The van der Waals surface area contributed by atoms with E-state index in [1.54, 1.807) is 24.3 Å². The maximum Gasteiger partial charge on any atom is 0.303 e. The van der Waals surface area contributed by atoms with E-state index in [9.17, 15) is 14.4 Å². The average molecular weight is 275 g/mol. The smallest absolute Gasteiger partial charge is 0.303 e. The summed E-state index contributed by atoms with van der Waals surface area (Å²) < 4.78 is 5.09. The Hall–Kier alpha value is -2.34. The summed E-state index contributed by atoms with van der Waals surface area (Å²) in [6.45, 7) is 1.23. The second-order valence-corrected chi connectivity index (χ2v) is 4.17. The Morgan fingerprint density at radius 1 is 1.26 bits per heavy atom. The van der Waals surface area contributed by atoms with Gasteiger partial charge in [-0.25, -0.2) is 4.90 Å². The highest BCUT2D eigenvalue weighted by Crippen LogP contribution is 2.20. The van der Waals surface area contributed by atoms with Gasteiger partial charge in [0.15, 0.2) is 5.76 Å². The number of rotatable bonds is 2. The third-order valence-electron chi connectivity index (χ3n) is 2.48. The Balaban J connectivity index is 2.29. The van der Waals surface area contributed by atoms with Crippen molar-refractivity contribution in [2.24, 2.45) is 0 Å². The first-order valence-electron chi connectivity index (χ1n) is 5.36. The van der Waals surface area contributed by atoms with Gasteiger partial charge in [0.1, 0.15) is 6.29 Å². The molecule has 5 nitrogen and oxygen atoms in total. The number of carbonyl (C=O) groups excluding carboxylic acids is 3. The topological polar surface area (TPSA) is 63.7 Å². The van der Waals surface area contributed by atoms with Gasteiger partial charge < -0.3 is 4.74 Å². The number of hydrogen-bond donors (Lipinski definition) is 0. The fourth-order valence-corrected chi connectivity index (χ4v) is 1.86. The molecule has 1 aromatic carbocycles. The van der Waals surface area contributed by atoms with Crippen LogP contribution in [0.5, 0.6) is 0 Å². The maximum atomic E-state index is 11.9. The zero-order valence-electron chi connectivity index (χ0n) is 9.95. The van der Waals surface area contributed by atoms with Gasteiger partial charge in [-0.05, 0) is 23.9 Å². The molecule has 96 valence electrons. The first-order valence-corrected chi connectivity index (χ1v) is 5.77. The van der Waals surface area contributed by atoms with Gasteiger partial charge in [0, 0.05) is 12.5 Å². The third kappa shape index (κ3) is 2.58. The minimum atomic E-state index is -0.586. The number of imide groups is 1. The molecule has 0 radical (unpaired) electrons. The molecule has 0 aromatic heterocycles. The van der Waals surface area contributed by atoms with Crippen molar-refractivity contribution in [3.63, 3.8) is 0 Å². The number of hydrogen-bond acceptors (Lipinski definition) is 5. The molecule has 0 aliphatic carbocycles. The minimum Gasteiger partial charge on any atom is -0.425 e. The second-order valence-electron chi connectivity index (χ2n) is 3.82. The van der Waals surface area contributed by atoms with E-state index in [2.05, 4.69) is 0 Å². The summed E-state index contributed by atoms with van der Waals surface area (Å²) >= 11 is 4.80. The molecule has 1 saturated heterocycles. The van der Waals surface area contributed by atoms with Gasteiger partial charge in [-0.3, -0.25) is 14.4 Å².